The SMILES string of the molecule is O=c1cc(-c2ccc(-c3nnc(-c4ccc(F)cc4)o3)cc2)oc2ccccc12. The third-order valence-electron chi connectivity index (χ3n) is 4.57. The molecule has 0 saturated heterocycles. The molecule has 0 fully saturated rings. The van der Waals surface area contributed by atoms with Crippen molar-refractivity contribution in [1.29, 1.82) is 0 Å². The molecule has 2 heterocycles. The van der Waals surface area contributed by atoms with Crippen LogP contribution in [0.1, 0.15) is 0 Å². The highest BCUT2D eigenvalue weighted by molar-refractivity contribution is 5.78. The molecule has 0 aliphatic heterocycles. The minimum absolute atomic E-state index is 0.0910. The van der Waals surface area contributed by atoms with Gasteiger partial charge in [0.1, 0.15) is 17.2 Å². The summed E-state index contributed by atoms with van der Waals surface area (Å²) in [5.74, 6) is 0.808. The molecular weight excluding hydrogens is 371 g/mol. The van der Waals surface area contributed by atoms with E-state index < -0.39 is 0 Å². The van der Waals surface area contributed by atoms with E-state index in [0.717, 1.165) is 11.1 Å². The molecule has 0 spiro atoms. The average Bonchev–Trinajstić information content (AvgIpc) is 3.25. The van der Waals surface area contributed by atoms with Crippen molar-refractivity contribution in [1.82, 2.24) is 10.2 Å². The van der Waals surface area contributed by atoms with Gasteiger partial charge in [-0.1, -0.05) is 24.3 Å². The van der Waals surface area contributed by atoms with Crippen LogP contribution >= 0.6 is 0 Å². The molecule has 0 amide bonds. The number of nitrogens with zero attached hydrogens (tertiary/aromatic N) is 2. The molecule has 5 rings (SSSR count). The van der Waals surface area contributed by atoms with E-state index in [1.165, 1.54) is 18.2 Å². The second-order valence-electron chi connectivity index (χ2n) is 6.47. The van der Waals surface area contributed by atoms with Crippen LogP contribution in [0.15, 0.2) is 92.5 Å². The summed E-state index contributed by atoms with van der Waals surface area (Å²) in [6, 6.07) is 21.7. The van der Waals surface area contributed by atoms with Crippen LogP contribution in [0.5, 0.6) is 0 Å². The molecule has 5 nitrogen and oxygen atoms in total. The molecule has 0 aliphatic carbocycles. The molecule has 0 bridgehead atoms. The van der Waals surface area contributed by atoms with Crippen LogP contribution < -0.4 is 5.43 Å². The van der Waals surface area contributed by atoms with E-state index in [0.29, 0.717) is 34.1 Å². The molecular formula is C23H13FN2O3. The van der Waals surface area contributed by atoms with Gasteiger partial charge >= 0.3 is 0 Å². The predicted octanol–water partition coefficient (Wildman–Crippen LogP) is 5.32. The van der Waals surface area contributed by atoms with Gasteiger partial charge in [0.05, 0.1) is 5.39 Å². The Kier molecular flexibility index (Phi) is 4.02. The van der Waals surface area contributed by atoms with E-state index in [1.54, 1.807) is 30.3 Å². The zero-order chi connectivity index (χ0) is 19.8. The van der Waals surface area contributed by atoms with Crippen molar-refractivity contribution >= 4 is 11.0 Å². The molecule has 6 heteroatoms. The number of benzene rings is 3. The zero-order valence-corrected chi connectivity index (χ0v) is 15.0. The maximum absolute atomic E-state index is 13.1. The molecule has 29 heavy (non-hydrogen) atoms. The third kappa shape index (κ3) is 3.21. The molecule has 140 valence electrons. The maximum atomic E-state index is 13.1. The van der Waals surface area contributed by atoms with Crippen LogP contribution in [0.25, 0.3) is 45.2 Å². The van der Waals surface area contributed by atoms with Gasteiger partial charge < -0.3 is 8.83 Å². The van der Waals surface area contributed by atoms with Crippen molar-refractivity contribution in [3.63, 3.8) is 0 Å². The predicted molar refractivity (Wildman–Crippen MR) is 107 cm³/mol. The molecule has 0 aliphatic rings. The van der Waals surface area contributed by atoms with Crippen molar-refractivity contribution in [2.45, 2.75) is 0 Å². The number of rotatable bonds is 3. The molecule has 0 atom stereocenters. The van der Waals surface area contributed by atoms with Crippen LogP contribution in [0, 0.1) is 5.82 Å². The highest BCUT2D eigenvalue weighted by atomic mass is 19.1. The van der Waals surface area contributed by atoms with E-state index in [9.17, 15) is 9.18 Å². The lowest BCUT2D eigenvalue weighted by atomic mass is 10.1. The Hall–Kier alpha value is -4.06. The van der Waals surface area contributed by atoms with Crippen molar-refractivity contribution < 1.29 is 13.2 Å². The lowest BCUT2D eigenvalue weighted by Crippen LogP contribution is -1.99. The standard InChI is InChI=1S/C23H13FN2O3/c24-17-11-9-16(10-12-17)23-26-25-22(29-23)15-7-5-14(6-8-15)21-13-19(27)18-3-1-2-4-20(18)28-21/h1-13H. The largest absolute Gasteiger partial charge is 0.456 e. The quantitative estimate of drug-likeness (QED) is 0.421. The Morgan fingerprint density at radius 1 is 0.690 bits per heavy atom. The first-order valence-corrected chi connectivity index (χ1v) is 8.90. The first-order valence-electron chi connectivity index (χ1n) is 8.90. The van der Waals surface area contributed by atoms with Crippen LogP contribution in [0.2, 0.25) is 0 Å². The fourth-order valence-corrected chi connectivity index (χ4v) is 3.07. The van der Waals surface area contributed by atoms with E-state index in [4.69, 9.17) is 8.83 Å². The van der Waals surface area contributed by atoms with Crippen molar-refractivity contribution in [2.24, 2.45) is 0 Å². The molecule has 0 N–H and O–H groups in total. The van der Waals surface area contributed by atoms with Crippen LogP contribution in [-0.2, 0) is 0 Å². The number of fused-ring (bicyclic) bond motifs is 1. The highest BCUT2D eigenvalue weighted by Crippen LogP contribution is 2.27. The van der Waals surface area contributed by atoms with Gasteiger partial charge in [-0.15, -0.1) is 10.2 Å². The lowest BCUT2D eigenvalue weighted by molar-refractivity contribution is 0.583. The van der Waals surface area contributed by atoms with Crippen molar-refractivity contribution in [3.8, 4) is 34.2 Å². The van der Waals surface area contributed by atoms with Gasteiger partial charge in [0.25, 0.3) is 0 Å². The topological polar surface area (TPSA) is 69.1 Å². The second kappa shape index (κ2) is 6.83. The summed E-state index contributed by atoms with van der Waals surface area (Å²) in [5, 5.41) is 8.63. The van der Waals surface area contributed by atoms with E-state index in [1.807, 2.05) is 30.3 Å². The Morgan fingerprint density at radius 3 is 1.97 bits per heavy atom. The minimum Gasteiger partial charge on any atom is -0.456 e. The van der Waals surface area contributed by atoms with Gasteiger partial charge in [-0.2, -0.15) is 0 Å². The van der Waals surface area contributed by atoms with Gasteiger partial charge in [-0.3, -0.25) is 4.79 Å². The molecule has 3 aromatic carbocycles. The first kappa shape index (κ1) is 17.1. The highest BCUT2D eigenvalue weighted by Gasteiger charge is 2.12. The Labute approximate surface area is 164 Å². The lowest BCUT2D eigenvalue weighted by Gasteiger charge is -2.03. The Balaban J connectivity index is 1.47. The van der Waals surface area contributed by atoms with Gasteiger partial charge in [0.2, 0.25) is 11.8 Å². The zero-order valence-electron chi connectivity index (χ0n) is 15.0. The van der Waals surface area contributed by atoms with Gasteiger partial charge in [-0.25, -0.2) is 4.39 Å². The monoisotopic (exact) mass is 384 g/mol. The van der Waals surface area contributed by atoms with Crippen LogP contribution in [0.4, 0.5) is 4.39 Å². The minimum atomic E-state index is -0.329. The fourth-order valence-electron chi connectivity index (χ4n) is 3.07. The Morgan fingerprint density at radius 2 is 1.28 bits per heavy atom. The first-order chi connectivity index (χ1) is 14.2. The smallest absolute Gasteiger partial charge is 0.248 e. The molecule has 5 aromatic rings. The Bertz CT molecular complexity index is 1370. The fraction of sp³-hybridized carbons (Fsp3) is 0. The molecule has 2 aromatic heterocycles. The summed E-state index contributed by atoms with van der Waals surface area (Å²) in [6.07, 6.45) is 0. The van der Waals surface area contributed by atoms with E-state index >= 15 is 0 Å². The van der Waals surface area contributed by atoms with Gasteiger partial charge in [0.15, 0.2) is 5.43 Å². The molecule has 0 saturated carbocycles. The number of para-hydroxylation sites is 1. The normalized spacial score (nSPS) is 11.1. The summed E-state index contributed by atoms with van der Waals surface area (Å²) < 4.78 is 24.6. The summed E-state index contributed by atoms with van der Waals surface area (Å²) in [6.45, 7) is 0. The van der Waals surface area contributed by atoms with Crippen molar-refractivity contribution in [2.75, 3.05) is 0 Å². The molecule has 0 unspecified atom stereocenters. The molecule has 0 radical (unpaired) electrons. The second-order valence-corrected chi connectivity index (χ2v) is 6.47. The summed E-state index contributed by atoms with van der Waals surface area (Å²) >= 11 is 0. The number of aromatic nitrogens is 2. The maximum Gasteiger partial charge on any atom is 0.248 e. The summed E-state index contributed by atoms with van der Waals surface area (Å²) in [7, 11) is 0. The number of hydrogen-bond donors (Lipinski definition) is 0. The van der Waals surface area contributed by atoms with Crippen molar-refractivity contribution in [3.05, 3.63) is 94.9 Å². The van der Waals surface area contributed by atoms with E-state index in [2.05, 4.69) is 10.2 Å². The van der Waals surface area contributed by atoms with Crippen LogP contribution in [0.3, 0.4) is 0 Å². The van der Waals surface area contributed by atoms with Crippen LogP contribution in [-0.4, -0.2) is 10.2 Å². The van der Waals surface area contributed by atoms with Gasteiger partial charge in [-0.05, 0) is 48.5 Å². The van der Waals surface area contributed by atoms with E-state index in [-0.39, 0.29) is 11.2 Å². The third-order valence-corrected chi connectivity index (χ3v) is 4.57. The number of hydrogen-bond acceptors (Lipinski definition) is 5. The summed E-state index contributed by atoms with van der Waals surface area (Å²) in [5.41, 5.74) is 2.57. The summed E-state index contributed by atoms with van der Waals surface area (Å²) in [4.78, 5) is 12.3. The average molecular weight is 384 g/mol. The van der Waals surface area contributed by atoms with Gasteiger partial charge in [0, 0.05) is 22.8 Å². The number of halogens is 1.